The van der Waals surface area contributed by atoms with E-state index in [1.54, 1.807) is 32.1 Å². The highest BCUT2D eigenvalue weighted by Gasteiger charge is 2.33. The molecule has 1 atom stereocenters. The summed E-state index contributed by atoms with van der Waals surface area (Å²) in [6.45, 7) is 0.275. The molecule has 9 nitrogen and oxygen atoms in total. The number of fused-ring (bicyclic) bond motifs is 3. The topological polar surface area (TPSA) is 101 Å². The van der Waals surface area contributed by atoms with Crippen LogP contribution < -0.4 is 9.47 Å². The highest BCUT2D eigenvalue weighted by molar-refractivity contribution is 5.97. The molecule has 4 aromatic rings. The molecular weight excluding hydrogens is 412 g/mol. The van der Waals surface area contributed by atoms with Gasteiger partial charge < -0.3 is 18.6 Å². The number of hydrogen-bond donors (Lipinski definition) is 0. The van der Waals surface area contributed by atoms with E-state index in [1.165, 1.54) is 0 Å². The molecule has 1 unspecified atom stereocenters. The van der Waals surface area contributed by atoms with E-state index in [0.29, 0.717) is 41.4 Å². The molecule has 3 aromatic heterocycles. The molecule has 0 amide bonds. The molecule has 9 heteroatoms. The minimum atomic E-state index is -0.0722. The number of nitrogens with zero attached hydrogens (tertiary/aromatic N) is 4. The summed E-state index contributed by atoms with van der Waals surface area (Å²) in [4.78, 5) is 12.8. The van der Waals surface area contributed by atoms with Crippen LogP contribution in [0.2, 0.25) is 0 Å². The van der Waals surface area contributed by atoms with Crippen LogP contribution in [0.15, 0.2) is 41.0 Å². The molecule has 0 saturated carbocycles. The summed E-state index contributed by atoms with van der Waals surface area (Å²) in [5.74, 6) is 1.84. The van der Waals surface area contributed by atoms with Crippen molar-refractivity contribution in [3.05, 3.63) is 59.4 Å². The smallest absolute Gasteiger partial charge is 0.185 e. The molecule has 1 aliphatic carbocycles. The van der Waals surface area contributed by atoms with Crippen LogP contribution in [-0.4, -0.2) is 46.9 Å². The first kappa shape index (κ1) is 20.2. The van der Waals surface area contributed by atoms with Crippen LogP contribution in [-0.2, 0) is 17.8 Å². The molecule has 5 rings (SSSR count). The van der Waals surface area contributed by atoms with E-state index < -0.39 is 0 Å². The van der Waals surface area contributed by atoms with Gasteiger partial charge in [0.05, 0.1) is 44.0 Å². The number of benzene rings is 1. The van der Waals surface area contributed by atoms with Crippen LogP contribution in [0.25, 0.3) is 16.8 Å². The van der Waals surface area contributed by atoms with Crippen LogP contribution in [0.3, 0.4) is 0 Å². The minimum absolute atomic E-state index is 0.0708. The van der Waals surface area contributed by atoms with Gasteiger partial charge in [0.2, 0.25) is 0 Å². The molecular formula is C23H22N4O5. The molecule has 1 aliphatic rings. The monoisotopic (exact) mass is 434 g/mol. The Balaban J connectivity index is 1.70. The fourth-order valence-corrected chi connectivity index (χ4v) is 4.26. The molecule has 0 spiro atoms. The first-order valence-corrected chi connectivity index (χ1v) is 10.2. The normalized spacial score (nSPS) is 15.7. The maximum absolute atomic E-state index is 12.8. The number of ether oxygens (including phenoxy) is 3. The molecule has 1 aromatic carbocycles. The van der Waals surface area contributed by atoms with Crippen molar-refractivity contribution in [2.75, 3.05) is 21.3 Å². The van der Waals surface area contributed by atoms with Gasteiger partial charge in [-0.3, -0.25) is 4.79 Å². The van der Waals surface area contributed by atoms with E-state index in [0.717, 1.165) is 22.6 Å². The fourth-order valence-electron chi connectivity index (χ4n) is 4.26. The molecule has 0 N–H and O–H groups in total. The summed E-state index contributed by atoms with van der Waals surface area (Å²) in [7, 11) is 4.79. The Hall–Kier alpha value is -3.72. The Labute approximate surface area is 183 Å². The Morgan fingerprint density at radius 2 is 1.94 bits per heavy atom. The Bertz CT molecular complexity index is 1300. The van der Waals surface area contributed by atoms with E-state index in [2.05, 4.69) is 10.2 Å². The average Bonchev–Trinajstić information content (AvgIpc) is 3.47. The number of ketones is 1. The Morgan fingerprint density at radius 3 is 2.66 bits per heavy atom. The van der Waals surface area contributed by atoms with E-state index in [-0.39, 0.29) is 18.3 Å². The third kappa shape index (κ3) is 3.21. The quantitative estimate of drug-likeness (QED) is 0.455. The van der Waals surface area contributed by atoms with Gasteiger partial charge in [0.25, 0.3) is 0 Å². The standard InChI is InChI=1S/C23H22N4O5/c1-29-12-15-21(13-6-7-19(30-2)20(11-13)31-3)23-25-24-22-16(27(23)26-15)9-14(10-17(22)28)18-5-4-8-32-18/h4-8,11,14H,9-10,12H2,1-3H3. The number of carbonyl (C=O) groups is 1. The van der Waals surface area contributed by atoms with Crippen LogP contribution in [0.4, 0.5) is 0 Å². The zero-order valence-corrected chi connectivity index (χ0v) is 18.0. The first-order chi connectivity index (χ1) is 15.6. The predicted molar refractivity (Wildman–Crippen MR) is 114 cm³/mol. The molecule has 0 saturated heterocycles. The van der Waals surface area contributed by atoms with E-state index in [1.807, 2.05) is 30.3 Å². The lowest BCUT2D eigenvalue weighted by molar-refractivity contribution is 0.0951. The lowest BCUT2D eigenvalue weighted by Gasteiger charge is -2.21. The van der Waals surface area contributed by atoms with Crippen molar-refractivity contribution in [3.63, 3.8) is 0 Å². The highest BCUT2D eigenvalue weighted by Crippen LogP contribution is 2.37. The van der Waals surface area contributed by atoms with Crippen molar-refractivity contribution in [2.24, 2.45) is 0 Å². The maximum Gasteiger partial charge on any atom is 0.185 e. The summed E-state index contributed by atoms with van der Waals surface area (Å²) < 4.78 is 23.5. The molecule has 0 bridgehead atoms. The summed E-state index contributed by atoms with van der Waals surface area (Å²) >= 11 is 0. The van der Waals surface area contributed by atoms with Gasteiger partial charge in [-0.25, -0.2) is 4.52 Å². The first-order valence-electron chi connectivity index (χ1n) is 10.2. The van der Waals surface area contributed by atoms with Gasteiger partial charge in [0, 0.05) is 25.9 Å². The van der Waals surface area contributed by atoms with Gasteiger partial charge in [-0.1, -0.05) is 6.07 Å². The number of Topliss-reactive ketones (excluding diaryl/α,β-unsaturated/α-hetero) is 1. The van der Waals surface area contributed by atoms with Gasteiger partial charge in [0.1, 0.15) is 5.76 Å². The lowest BCUT2D eigenvalue weighted by atomic mass is 9.87. The van der Waals surface area contributed by atoms with Crippen LogP contribution in [0.1, 0.15) is 40.0 Å². The molecule has 3 heterocycles. The predicted octanol–water partition coefficient (Wildman–Crippen LogP) is 3.46. The van der Waals surface area contributed by atoms with Gasteiger partial charge in [-0.15, -0.1) is 10.2 Å². The van der Waals surface area contributed by atoms with Crippen LogP contribution in [0, 0.1) is 0 Å². The van der Waals surface area contributed by atoms with Crippen molar-refractivity contribution in [2.45, 2.75) is 25.4 Å². The van der Waals surface area contributed by atoms with Crippen molar-refractivity contribution in [3.8, 4) is 22.6 Å². The number of furan rings is 1. The summed E-state index contributed by atoms with van der Waals surface area (Å²) in [6.07, 6.45) is 2.52. The van der Waals surface area contributed by atoms with Crippen LogP contribution in [0.5, 0.6) is 11.5 Å². The number of hydrogen-bond acceptors (Lipinski definition) is 8. The van der Waals surface area contributed by atoms with Crippen molar-refractivity contribution < 1.29 is 23.4 Å². The molecule has 32 heavy (non-hydrogen) atoms. The second-order valence-corrected chi connectivity index (χ2v) is 7.60. The summed E-state index contributed by atoms with van der Waals surface area (Å²) in [6, 6.07) is 9.33. The average molecular weight is 434 g/mol. The molecule has 164 valence electrons. The van der Waals surface area contributed by atoms with Crippen molar-refractivity contribution >= 4 is 11.4 Å². The van der Waals surface area contributed by atoms with Gasteiger partial charge in [0.15, 0.2) is 28.6 Å². The van der Waals surface area contributed by atoms with Gasteiger partial charge in [-0.2, -0.15) is 5.10 Å². The zero-order valence-electron chi connectivity index (χ0n) is 18.0. The van der Waals surface area contributed by atoms with E-state index >= 15 is 0 Å². The highest BCUT2D eigenvalue weighted by atomic mass is 16.5. The largest absolute Gasteiger partial charge is 0.493 e. The van der Waals surface area contributed by atoms with Gasteiger partial charge >= 0.3 is 0 Å². The van der Waals surface area contributed by atoms with E-state index in [9.17, 15) is 4.79 Å². The second-order valence-electron chi connectivity index (χ2n) is 7.60. The number of rotatable bonds is 6. The van der Waals surface area contributed by atoms with Gasteiger partial charge in [-0.05, 0) is 29.8 Å². The number of carbonyl (C=O) groups excluding carboxylic acids is 1. The van der Waals surface area contributed by atoms with Crippen molar-refractivity contribution in [1.82, 2.24) is 19.8 Å². The molecule has 0 radical (unpaired) electrons. The summed E-state index contributed by atoms with van der Waals surface area (Å²) in [5, 5.41) is 13.5. The minimum Gasteiger partial charge on any atom is -0.493 e. The van der Waals surface area contributed by atoms with E-state index in [4.69, 9.17) is 23.7 Å². The SMILES string of the molecule is COCc1nn2c3c(nnc2c1-c1ccc(OC)c(OC)c1)C(=O)CC(c1ccco1)C3. The molecule has 0 fully saturated rings. The Morgan fingerprint density at radius 1 is 1.09 bits per heavy atom. The fraction of sp³-hybridized carbons (Fsp3) is 0.304. The second kappa shape index (κ2) is 8.08. The number of aromatic nitrogens is 4. The van der Waals surface area contributed by atoms with Crippen molar-refractivity contribution in [1.29, 1.82) is 0 Å². The zero-order chi connectivity index (χ0) is 22.2. The number of methoxy groups -OCH3 is 3. The molecule has 0 aliphatic heterocycles. The summed E-state index contributed by atoms with van der Waals surface area (Å²) in [5.41, 5.74) is 3.92. The third-order valence-corrected chi connectivity index (χ3v) is 5.74. The Kier molecular flexibility index (Phi) is 5.10. The third-order valence-electron chi connectivity index (χ3n) is 5.74. The lowest BCUT2D eigenvalue weighted by Crippen LogP contribution is -2.24. The van der Waals surface area contributed by atoms with Crippen LogP contribution >= 0.6 is 0 Å². The maximum atomic E-state index is 12.8.